The van der Waals surface area contributed by atoms with E-state index in [-0.39, 0.29) is 26.1 Å². The van der Waals surface area contributed by atoms with Crippen molar-refractivity contribution < 1.29 is 28.2 Å². The van der Waals surface area contributed by atoms with Crippen LogP contribution in [0.4, 0.5) is 4.39 Å². The molecule has 0 saturated carbocycles. The van der Waals surface area contributed by atoms with Crippen LogP contribution in [-0.4, -0.2) is 43.3 Å². The zero-order chi connectivity index (χ0) is 14.8. The van der Waals surface area contributed by atoms with Gasteiger partial charge in [0.05, 0.1) is 13.2 Å². The summed E-state index contributed by atoms with van der Waals surface area (Å²) in [7, 11) is 0. The van der Waals surface area contributed by atoms with Gasteiger partial charge in [-0.15, -0.1) is 0 Å². The molecule has 0 aliphatic carbocycles. The molecule has 1 unspecified atom stereocenters. The molecule has 0 rings (SSSR count). The van der Waals surface area contributed by atoms with Gasteiger partial charge in [0.2, 0.25) is 0 Å². The van der Waals surface area contributed by atoms with Gasteiger partial charge in [0.1, 0.15) is 6.04 Å². The lowest BCUT2D eigenvalue weighted by Crippen LogP contribution is -2.44. The predicted octanol–water partition coefficient (Wildman–Crippen LogP) is 0.736. The average Bonchev–Trinajstić information content (AvgIpc) is 2.34. The van der Waals surface area contributed by atoms with Crippen LogP contribution in [0.25, 0.3) is 0 Å². The number of nitrogens with one attached hydrogen (secondary N) is 1. The zero-order valence-electron chi connectivity index (χ0n) is 11.4. The number of carbonyl (C=O) groups excluding carboxylic acids is 3. The zero-order valence-corrected chi connectivity index (χ0v) is 11.4. The van der Waals surface area contributed by atoms with E-state index in [1.165, 1.54) is 0 Å². The quantitative estimate of drug-likeness (QED) is 0.662. The molecule has 0 heterocycles. The Morgan fingerprint density at radius 3 is 2.21 bits per heavy atom. The molecule has 19 heavy (non-hydrogen) atoms. The van der Waals surface area contributed by atoms with Gasteiger partial charge in [-0.3, -0.25) is 9.59 Å². The second-order valence-corrected chi connectivity index (χ2v) is 3.77. The number of carbonyl (C=O) groups is 3. The van der Waals surface area contributed by atoms with Gasteiger partial charge in [-0.25, -0.2) is 9.18 Å². The predicted molar refractivity (Wildman–Crippen MR) is 65.0 cm³/mol. The molecule has 0 saturated heterocycles. The van der Waals surface area contributed by atoms with Crippen LogP contribution in [0.1, 0.15) is 33.6 Å². The highest BCUT2D eigenvalue weighted by Crippen LogP contribution is 2.03. The number of hydrogen-bond donors (Lipinski definition) is 1. The lowest BCUT2D eigenvalue weighted by molar-refractivity contribution is -0.149. The minimum Gasteiger partial charge on any atom is -0.466 e. The maximum Gasteiger partial charge on any atom is 0.328 e. The number of esters is 2. The highest BCUT2D eigenvalue weighted by Gasteiger charge is 2.25. The van der Waals surface area contributed by atoms with Crippen LogP contribution in [0.5, 0.6) is 0 Å². The molecule has 0 aromatic rings. The Morgan fingerprint density at radius 2 is 1.74 bits per heavy atom. The van der Waals surface area contributed by atoms with E-state index in [1.807, 2.05) is 0 Å². The third-order valence-corrected chi connectivity index (χ3v) is 2.19. The molecule has 0 aromatic heterocycles. The molecule has 0 aliphatic rings. The van der Waals surface area contributed by atoms with Gasteiger partial charge >= 0.3 is 11.9 Å². The molecule has 0 aliphatic heterocycles. The third-order valence-electron chi connectivity index (χ3n) is 2.19. The van der Waals surface area contributed by atoms with Crippen molar-refractivity contribution in [2.75, 3.05) is 13.2 Å². The van der Waals surface area contributed by atoms with Crippen LogP contribution in [0.3, 0.4) is 0 Å². The van der Waals surface area contributed by atoms with Crippen molar-refractivity contribution in [2.24, 2.45) is 0 Å². The molecule has 1 N–H and O–H groups in total. The Bertz CT molecular complexity index is 319. The summed E-state index contributed by atoms with van der Waals surface area (Å²) in [6.45, 7) is 4.70. The average molecular weight is 277 g/mol. The summed E-state index contributed by atoms with van der Waals surface area (Å²) >= 11 is 0. The van der Waals surface area contributed by atoms with Gasteiger partial charge < -0.3 is 14.8 Å². The monoisotopic (exact) mass is 277 g/mol. The van der Waals surface area contributed by atoms with E-state index in [1.54, 1.807) is 13.8 Å². The maximum absolute atomic E-state index is 12.8. The molecule has 0 radical (unpaired) electrons. The molecule has 0 aromatic carbocycles. The summed E-state index contributed by atoms with van der Waals surface area (Å²) in [4.78, 5) is 34.0. The lowest BCUT2D eigenvalue weighted by Gasteiger charge is -2.17. The third kappa shape index (κ3) is 7.38. The fourth-order valence-corrected chi connectivity index (χ4v) is 1.27. The minimum absolute atomic E-state index is 0.0100. The molecular formula is C12H20FNO5. The van der Waals surface area contributed by atoms with Crippen molar-refractivity contribution in [1.29, 1.82) is 0 Å². The largest absolute Gasteiger partial charge is 0.466 e. The van der Waals surface area contributed by atoms with Gasteiger partial charge in [0.25, 0.3) is 5.91 Å². The molecule has 0 spiro atoms. The van der Waals surface area contributed by atoms with Crippen molar-refractivity contribution in [3.8, 4) is 0 Å². The Kier molecular flexibility index (Phi) is 8.48. The van der Waals surface area contributed by atoms with Crippen molar-refractivity contribution in [1.82, 2.24) is 5.32 Å². The van der Waals surface area contributed by atoms with Gasteiger partial charge in [-0.1, -0.05) is 0 Å². The first-order chi connectivity index (χ1) is 8.92. The number of rotatable bonds is 8. The van der Waals surface area contributed by atoms with Gasteiger partial charge in [0.15, 0.2) is 6.17 Å². The highest BCUT2D eigenvalue weighted by atomic mass is 19.1. The van der Waals surface area contributed by atoms with Crippen LogP contribution in [0, 0.1) is 0 Å². The minimum atomic E-state index is -1.74. The Morgan fingerprint density at radius 1 is 1.16 bits per heavy atom. The first kappa shape index (κ1) is 17.3. The van der Waals surface area contributed by atoms with Crippen LogP contribution >= 0.6 is 0 Å². The van der Waals surface area contributed by atoms with Crippen LogP contribution in [0.15, 0.2) is 0 Å². The number of amides is 1. The summed E-state index contributed by atoms with van der Waals surface area (Å²) < 4.78 is 22.2. The van der Waals surface area contributed by atoms with E-state index >= 15 is 0 Å². The standard InChI is InChI=1S/C12H20FNO5/c1-4-18-10(15)7-6-9(12(17)19-5-2)14-11(16)8(3)13/h8-9H,4-7H2,1-3H3,(H,14,16)/t8?,9-/m0/s1. The van der Waals surface area contributed by atoms with Gasteiger partial charge in [-0.2, -0.15) is 0 Å². The first-order valence-electron chi connectivity index (χ1n) is 6.19. The summed E-state index contributed by atoms with van der Waals surface area (Å²) in [5.74, 6) is -2.10. The second kappa shape index (κ2) is 9.29. The van der Waals surface area contributed by atoms with Crippen LogP contribution in [-0.2, 0) is 23.9 Å². The Labute approximate surface area is 111 Å². The maximum atomic E-state index is 12.8. The fourth-order valence-electron chi connectivity index (χ4n) is 1.27. The number of ether oxygens (including phenoxy) is 2. The molecule has 1 amide bonds. The number of hydrogen-bond acceptors (Lipinski definition) is 5. The highest BCUT2D eigenvalue weighted by molar-refractivity contribution is 5.87. The second-order valence-electron chi connectivity index (χ2n) is 3.77. The normalized spacial score (nSPS) is 13.3. The summed E-state index contributed by atoms with van der Waals surface area (Å²) in [6, 6.07) is -1.05. The molecule has 0 bridgehead atoms. The van der Waals surface area contributed by atoms with E-state index in [9.17, 15) is 18.8 Å². The van der Waals surface area contributed by atoms with Crippen LogP contribution < -0.4 is 5.32 Å². The van der Waals surface area contributed by atoms with E-state index < -0.39 is 30.1 Å². The molecule has 110 valence electrons. The topological polar surface area (TPSA) is 81.7 Å². The van der Waals surface area contributed by atoms with Gasteiger partial charge in [0, 0.05) is 6.42 Å². The Hall–Kier alpha value is -1.66. The molecule has 2 atom stereocenters. The number of alkyl halides is 1. The van der Waals surface area contributed by atoms with Crippen molar-refractivity contribution >= 4 is 17.8 Å². The summed E-state index contributed by atoms with van der Waals surface area (Å²) in [6.07, 6.45) is -1.78. The first-order valence-corrected chi connectivity index (χ1v) is 6.19. The van der Waals surface area contributed by atoms with E-state index in [2.05, 4.69) is 5.32 Å². The summed E-state index contributed by atoms with van der Waals surface area (Å²) in [5, 5.41) is 2.20. The summed E-state index contributed by atoms with van der Waals surface area (Å²) in [5.41, 5.74) is 0. The van der Waals surface area contributed by atoms with E-state index in [0.29, 0.717) is 0 Å². The number of halogens is 1. The molecular weight excluding hydrogens is 257 g/mol. The SMILES string of the molecule is CCOC(=O)CC[C@H](NC(=O)C(C)F)C(=O)OCC. The van der Waals surface area contributed by atoms with E-state index in [0.717, 1.165) is 6.92 Å². The molecule has 6 nitrogen and oxygen atoms in total. The fraction of sp³-hybridized carbons (Fsp3) is 0.750. The van der Waals surface area contributed by atoms with E-state index in [4.69, 9.17) is 9.47 Å². The lowest BCUT2D eigenvalue weighted by atomic mass is 10.1. The van der Waals surface area contributed by atoms with Crippen molar-refractivity contribution in [2.45, 2.75) is 45.8 Å². The molecule has 7 heteroatoms. The van der Waals surface area contributed by atoms with Gasteiger partial charge in [-0.05, 0) is 27.2 Å². The Balaban J connectivity index is 4.45. The smallest absolute Gasteiger partial charge is 0.328 e. The molecule has 0 fully saturated rings. The van der Waals surface area contributed by atoms with Crippen LogP contribution in [0.2, 0.25) is 0 Å². The van der Waals surface area contributed by atoms with Crippen molar-refractivity contribution in [3.63, 3.8) is 0 Å². The van der Waals surface area contributed by atoms with Crippen molar-refractivity contribution in [3.05, 3.63) is 0 Å².